The fourth-order valence-electron chi connectivity index (χ4n) is 0.995. The van der Waals surface area contributed by atoms with E-state index in [-0.39, 0.29) is 22.1 Å². The summed E-state index contributed by atoms with van der Waals surface area (Å²) < 4.78 is 0. The Morgan fingerprint density at radius 3 is 2.54 bits per heavy atom. The third kappa shape index (κ3) is 1.50. The zero-order valence-electron chi connectivity index (χ0n) is 6.87. The Kier molecular flexibility index (Phi) is 2.29. The lowest BCUT2D eigenvalue weighted by atomic mass is 10.1. The number of hydrogen-bond acceptors (Lipinski definition) is 4. The van der Waals surface area contributed by atoms with Crippen molar-refractivity contribution in [1.82, 2.24) is 0 Å². The maximum Gasteiger partial charge on any atom is 0.312 e. The fraction of sp³-hybridized carbons (Fsp3) is 0.143. The highest BCUT2D eigenvalue weighted by Crippen LogP contribution is 2.37. The van der Waals surface area contributed by atoms with Gasteiger partial charge in [0.25, 0.3) is 0 Å². The van der Waals surface area contributed by atoms with Crippen molar-refractivity contribution in [2.45, 2.75) is 6.92 Å². The molecule has 5 nitrogen and oxygen atoms in total. The van der Waals surface area contributed by atoms with Gasteiger partial charge in [-0.25, -0.2) is 0 Å². The number of benzene rings is 1. The van der Waals surface area contributed by atoms with Gasteiger partial charge in [0.05, 0.1) is 10.6 Å². The molecule has 0 bridgehead atoms. The molecule has 0 aliphatic rings. The fourth-order valence-corrected chi connectivity index (χ4v) is 1.22. The number of nitro groups is 1. The van der Waals surface area contributed by atoms with Gasteiger partial charge < -0.3 is 11.5 Å². The van der Waals surface area contributed by atoms with Crippen LogP contribution < -0.4 is 11.5 Å². The molecule has 0 aliphatic carbocycles. The summed E-state index contributed by atoms with van der Waals surface area (Å²) in [7, 11) is 0. The van der Waals surface area contributed by atoms with Crippen LogP contribution in [0.25, 0.3) is 0 Å². The van der Waals surface area contributed by atoms with Crippen molar-refractivity contribution in [3.8, 4) is 0 Å². The second-order valence-electron chi connectivity index (χ2n) is 2.62. The first-order valence-corrected chi connectivity index (χ1v) is 3.81. The third-order valence-corrected chi connectivity index (χ3v) is 2.15. The van der Waals surface area contributed by atoms with Crippen molar-refractivity contribution >= 4 is 28.7 Å². The average molecular weight is 202 g/mol. The maximum atomic E-state index is 10.5. The van der Waals surface area contributed by atoms with Crippen LogP contribution in [0.15, 0.2) is 6.07 Å². The lowest BCUT2D eigenvalue weighted by molar-refractivity contribution is -0.383. The Morgan fingerprint density at radius 1 is 1.54 bits per heavy atom. The number of rotatable bonds is 1. The second kappa shape index (κ2) is 3.10. The summed E-state index contributed by atoms with van der Waals surface area (Å²) in [5.74, 6) is 0. The number of nitrogen functional groups attached to an aromatic ring is 2. The number of anilines is 2. The molecule has 0 aromatic heterocycles. The van der Waals surface area contributed by atoms with E-state index in [0.29, 0.717) is 5.56 Å². The Balaban J connectivity index is 3.56. The molecule has 0 saturated heterocycles. The predicted octanol–water partition coefficient (Wildman–Crippen LogP) is 1.72. The average Bonchev–Trinajstić information content (AvgIpc) is 2.01. The van der Waals surface area contributed by atoms with Gasteiger partial charge >= 0.3 is 5.69 Å². The second-order valence-corrected chi connectivity index (χ2v) is 2.99. The van der Waals surface area contributed by atoms with Crippen molar-refractivity contribution in [3.63, 3.8) is 0 Å². The summed E-state index contributed by atoms with van der Waals surface area (Å²) in [5.41, 5.74) is 11.2. The number of nitrogens with two attached hydrogens (primary N) is 2. The first-order valence-electron chi connectivity index (χ1n) is 3.43. The number of halogens is 1. The van der Waals surface area contributed by atoms with Crippen LogP contribution >= 0.6 is 11.6 Å². The highest BCUT2D eigenvalue weighted by molar-refractivity contribution is 6.34. The molecular weight excluding hydrogens is 194 g/mol. The first-order chi connectivity index (χ1) is 5.95. The minimum atomic E-state index is -0.638. The summed E-state index contributed by atoms with van der Waals surface area (Å²) in [6, 6.07) is 1.50. The topological polar surface area (TPSA) is 95.2 Å². The summed E-state index contributed by atoms with van der Waals surface area (Å²) in [6.45, 7) is 1.63. The van der Waals surface area contributed by atoms with E-state index in [1.165, 1.54) is 6.07 Å². The Hall–Kier alpha value is -1.49. The van der Waals surface area contributed by atoms with Crippen molar-refractivity contribution in [3.05, 3.63) is 26.8 Å². The summed E-state index contributed by atoms with van der Waals surface area (Å²) in [5, 5.41) is 10.6. The number of nitrogens with zero attached hydrogens (tertiary/aromatic N) is 1. The van der Waals surface area contributed by atoms with Crippen LogP contribution in [-0.4, -0.2) is 4.92 Å². The zero-order chi connectivity index (χ0) is 10.2. The zero-order valence-corrected chi connectivity index (χ0v) is 7.63. The van der Waals surface area contributed by atoms with Crippen LogP contribution in [0.3, 0.4) is 0 Å². The van der Waals surface area contributed by atoms with E-state index in [9.17, 15) is 10.1 Å². The molecule has 0 atom stereocenters. The maximum absolute atomic E-state index is 10.5. The van der Waals surface area contributed by atoms with Gasteiger partial charge in [-0.3, -0.25) is 10.1 Å². The number of hydrogen-bond donors (Lipinski definition) is 2. The third-order valence-electron chi connectivity index (χ3n) is 1.67. The summed E-state index contributed by atoms with van der Waals surface area (Å²) in [6.07, 6.45) is 0. The molecule has 0 radical (unpaired) electrons. The molecule has 0 unspecified atom stereocenters. The monoisotopic (exact) mass is 201 g/mol. The van der Waals surface area contributed by atoms with E-state index < -0.39 is 4.92 Å². The molecule has 0 fully saturated rings. The normalized spacial score (nSPS) is 10.0. The lowest BCUT2D eigenvalue weighted by Gasteiger charge is -2.05. The van der Waals surface area contributed by atoms with Crippen LogP contribution in [0.2, 0.25) is 5.02 Å². The van der Waals surface area contributed by atoms with E-state index in [4.69, 9.17) is 23.1 Å². The highest BCUT2D eigenvalue weighted by Gasteiger charge is 2.21. The van der Waals surface area contributed by atoms with Gasteiger partial charge in [-0.2, -0.15) is 0 Å². The van der Waals surface area contributed by atoms with Gasteiger partial charge in [0.2, 0.25) is 0 Å². The van der Waals surface area contributed by atoms with E-state index in [1.807, 2.05) is 0 Å². The van der Waals surface area contributed by atoms with E-state index in [1.54, 1.807) is 6.92 Å². The van der Waals surface area contributed by atoms with Crippen molar-refractivity contribution in [2.75, 3.05) is 11.5 Å². The van der Waals surface area contributed by atoms with Crippen LogP contribution in [0.1, 0.15) is 5.56 Å². The number of nitro benzene ring substituents is 1. The molecule has 70 valence electrons. The van der Waals surface area contributed by atoms with Gasteiger partial charge in [0.1, 0.15) is 10.7 Å². The predicted molar refractivity (Wildman–Crippen MR) is 51.7 cm³/mol. The molecule has 1 rings (SSSR count). The van der Waals surface area contributed by atoms with Crippen molar-refractivity contribution in [1.29, 1.82) is 0 Å². The van der Waals surface area contributed by atoms with E-state index >= 15 is 0 Å². The molecule has 1 aromatic rings. The van der Waals surface area contributed by atoms with Crippen molar-refractivity contribution in [2.24, 2.45) is 0 Å². The molecule has 0 heterocycles. The summed E-state index contributed by atoms with van der Waals surface area (Å²) in [4.78, 5) is 9.89. The molecular formula is C7H8ClN3O2. The van der Waals surface area contributed by atoms with Gasteiger partial charge in [0, 0.05) is 0 Å². The molecule has 6 heteroatoms. The SMILES string of the molecule is Cc1cc(N)c(N)c([N+](=O)[O-])c1Cl. The Morgan fingerprint density at radius 2 is 2.08 bits per heavy atom. The first kappa shape index (κ1) is 9.60. The molecule has 0 aliphatic heterocycles. The molecule has 0 spiro atoms. The number of aryl methyl sites for hydroxylation is 1. The quantitative estimate of drug-likeness (QED) is 0.411. The van der Waals surface area contributed by atoms with Crippen LogP contribution in [-0.2, 0) is 0 Å². The Labute approximate surface area is 79.4 Å². The Bertz CT molecular complexity index is 352. The van der Waals surface area contributed by atoms with Gasteiger partial charge in [-0.05, 0) is 18.6 Å². The largest absolute Gasteiger partial charge is 0.397 e. The molecule has 4 N–H and O–H groups in total. The van der Waals surface area contributed by atoms with Gasteiger partial charge in [-0.15, -0.1) is 0 Å². The summed E-state index contributed by atoms with van der Waals surface area (Å²) >= 11 is 5.69. The van der Waals surface area contributed by atoms with Crippen LogP contribution in [0, 0.1) is 17.0 Å². The van der Waals surface area contributed by atoms with Crippen LogP contribution in [0.5, 0.6) is 0 Å². The van der Waals surface area contributed by atoms with Crippen molar-refractivity contribution < 1.29 is 4.92 Å². The smallest absolute Gasteiger partial charge is 0.312 e. The highest BCUT2D eigenvalue weighted by atomic mass is 35.5. The van der Waals surface area contributed by atoms with Gasteiger partial charge in [-0.1, -0.05) is 11.6 Å². The minimum absolute atomic E-state index is 0.0386. The molecule has 13 heavy (non-hydrogen) atoms. The molecule has 0 saturated carbocycles. The van der Waals surface area contributed by atoms with E-state index in [2.05, 4.69) is 0 Å². The van der Waals surface area contributed by atoms with Gasteiger partial charge in [0.15, 0.2) is 0 Å². The van der Waals surface area contributed by atoms with E-state index in [0.717, 1.165) is 0 Å². The minimum Gasteiger partial charge on any atom is -0.397 e. The standard InChI is InChI=1S/C7H8ClN3O2/c1-3-2-4(9)6(10)7(5(3)8)11(12)13/h2H,9-10H2,1H3. The molecule has 0 amide bonds. The lowest BCUT2D eigenvalue weighted by Crippen LogP contribution is -2.02. The molecule has 1 aromatic carbocycles. The van der Waals surface area contributed by atoms with Crippen LogP contribution in [0.4, 0.5) is 17.1 Å².